The van der Waals surface area contributed by atoms with Crippen molar-refractivity contribution in [2.75, 3.05) is 18.5 Å². The van der Waals surface area contributed by atoms with Gasteiger partial charge in [-0.3, -0.25) is 4.79 Å². The van der Waals surface area contributed by atoms with Crippen molar-refractivity contribution in [1.29, 1.82) is 0 Å². The smallest absolute Gasteiger partial charge is 0.221 e. The number of ether oxygens (including phenoxy) is 2. The van der Waals surface area contributed by atoms with Gasteiger partial charge in [0, 0.05) is 12.6 Å². The normalized spacial score (nSPS) is 18.3. The monoisotopic (exact) mass is 207 g/mol. The molecule has 4 heteroatoms. The zero-order valence-corrected chi connectivity index (χ0v) is 8.53. The van der Waals surface area contributed by atoms with Crippen LogP contribution in [0.25, 0.3) is 0 Å². The highest BCUT2D eigenvalue weighted by atomic mass is 16.6. The van der Waals surface area contributed by atoms with Crippen LogP contribution in [-0.2, 0) is 9.53 Å². The molecule has 15 heavy (non-hydrogen) atoms. The Kier molecular flexibility index (Phi) is 2.87. The largest absolute Gasteiger partial charge is 0.491 e. The van der Waals surface area contributed by atoms with Crippen LogP contribution in [0.15, 0.2) is 24.3 Å². The highest BCUT2D eigenvalue weighted by Gasteiger charge is 2.22. The molecule has 1 saturated heterocycles. The second-order valence-electron chi connectivity index (χ2n) is 3.47. The predicted molar refractivity (Wildman–Crippen MR) is 56.0 cm³/mol. The average Bonchev–Trinajstić information content (AvgIpc) is 2.99. The molecule has 0 aliphatic carbocycles. The molecule has 1 aliphatic heterocycles. The van der Waals surface area contributed by atoms with Gasteiger partial charge in [0.2, 0.25) is 5.91 Å². The summed E-state index contributed by atoms with van der Waals surface area (Å²) >= 11 is 0. The molecule has 80 valence electrons. The van der Waals surface area contributed by atoms with Gasteiger partial charge in [-0.05, 0) is 24.3 Å². The standard InChI is InChI=1S/C11H13NO3/c1-8(13)12-9-2-4-10(5-3-9)14-6-11-7-15-11/h2-5,11H,6-7H2,1H3,(H,12,13)/t11-/m1/s1. The number of carbonyl (C=O) groups is 1. The van der Waals surface area contributed by atoms with Crippen LogP contribution in [0, 0.1) is 0 Å². The van der Waals surface area contributed by atoms with Gasteiger partial charge in [0.15, 0.2) is 0 Å². The molecule has 2 rings (SSSR count). The first kappa shape index (κ1) is 9.98. The van der Waals surface area contributed by atoms with Crippen molar-refractivity contribution < 1.29 is 14.3 Å². The first-order chi connectivity index (χ1) is 7.24. The summed E-state index contributed by atoms with van der Waals surface area (Å²) in [5.74, 6) is 0.717. The third kappa shape index (κ3) is 3.25. The van der Waals surface area contributed by atoms with Crippen LogP contribution in [0.1, 0.15) is 6.92 Å². The Bertz CT molecular complexity index is 343. The van der Waals surface area contributed by atoms with Gasteiger partial charge in [-0.25, -0.2) is 0 Å². The van der Waals surface area contributed by atoms with E-state index in [1.165, 1.54) is 6.92 Å². The molecular weight excluding hydrogens is 194 g/mol. The molecule has 1 amide bonds. The number of carbonyl (C=O) groups excluding carboxylic acids is 1. The van der Waals surface area contributed by atoms with Crippen LogP contribution >= 0.6 is 0 Å². The Balaban J connectivity index is 1.87. The summed E-state index contributed by atoms with van der Waals surface area (Å²) in [4.78, 5) is 10.8. The van der Waals surface area contributed by atoms with E-state index in [2.05, 4.69) is 5.32 Å². The predicted octanol–water partition coefficient (Wildman–Crippen LogP) is 1.42. The summed E-state index contributed by atoms with van der Waals surface area (Å²) in [5.41, 5.74) is 0.775. The van der Waals surface area contributed by atoms with E-state index in [-0.39, 0.29) is 12.0 Å². The number of rotatable bonds is 4. The molecular formula is C11H13NO3. The van der Waals surface area contributed by atoms with Crippen LogP contribution in [0.2, 0.25) is 0 Å². The van der Waals surface area contributed by atoms with Gasteiger partial charge >= 0.3 is 0 Å². The van der Waals surface area contributed by atoms with E-state index < -0.39 is 0 Å². The Morgan fingerprint density at radius 2 is 2.20 bits per heavy atom. The maximum Gasteiger partial charge on any atom is 0.221 e. The number of amides is 1. The van der Waals surface area contributed by atoms with Crippen LogP contribution in [0.3, 0.4) is 0 Å². The molecule has 0 radical (unpaired) electrons. The quantitative estimate of drug-likeness (QED) is 0.760. The van der Waals surface area contributed by atoms with E-state index in [1.807, 2.05) is 24.3 Å². The van der Waals surface area contributed by atoms with Crippen molar-refractivity contribution in [2.45, 2.75) is 13.0 Å². The molecule has 0 unspecified atom stereocenters. The van der Waals surface area contributed by atoms with E-state index in [9.17, 15) is 4.79 Å². The topological polar surface area (TPSA) is 50.9 Å². The van der Waals surface area contributed by atoms with Gasteiger partial charge in [0.25, 0.3) is 0 Å². The van der Waals surface area contributed by atoms with E-state index in [0.29, 0.717) is 6.61 Å². The molecule has 0 aromatic heterocycles. The molecule has 1 aromatic rings. The van der Waals surface area contributed by atoms with Crippen molar-refractivity contribution in [2.24, 2.45) is 0 Å². The van der Waals surface area contributed by atoms with Gasteiger partial charge < -0.3 is 14.8 Å². The minimum absolute atomic E-state index is 0.0740. The first-order valence-electron chi connectivity index (χ1n) is 4.86. The number of epoxide rings is 1. The second kappa shape index (κ2) is 4.31. The number of hydrogen-bond donors (Lipinski definition) is 1. The minimum atomic E-state index is -0.0740. The Morgan fingerprint density at radius 3 is 2.73 bits per heavy atom. The van der Waals surface area contributed by atoms with E-state index >= 15 is 0 Å². The Morgan fingerprint density at radius 1 is 1.53 bits per heavy atom. The molecule has 4 nitrogen and oxygen atoms in total. The third-order valence-electron chi connectivity index (χ3n) is 2.01. The summed E-state index contributed by atoms with van der Waals surface area (Å²) in [7, 11) is 0. The summed E-state index contributed by atoms with van der Waals surface area (Å²) in [6, 6.07) is 7.27. The zero-order valence-electron chi connectivity index (χ0n) is 8.53. The average molecular weight is 207 g/mol. The van der Waals surface area contributed by atoms with E-state index in [1.54, 1.807) is 0 Å². The molecule has 1 atom stereocenters. The fraction of sp³-hybridized carbons (Fsp3) is 0.364. The second-order valence-corrected chi connectivity index (χ2v) is 3.47. The molecule has 1 fully saturated rings. The highest BCUT2D eigenvalue weighted by molar-refractivity contribution is 5.88. The van der Waals surface area contributed by atoms with Gasteiger partial charge in [-0.2, -0.15) is 0 Å². The molecule has 0 spiro atoms. The van der Waals surface area contributed by atoms with Crippen molar-refractivity contribution in [3.05, 3.63) is 24.3 Å². The van der Waals surface area contributed by atoms with Gasteiger partial charge in [0.1, 0.15) is 18.5 Å². The molecule has 1 N–H and O–H groups in total. The lowest BCUT2D eigenvalue weighted by Gasteiger charge is -2.05. The Labute approximate surface area is 88.2 Å². The fourth-order valence-corrected chi connectivity index (χ4v) is 1.19. The van der Waals surface area contributed by atoms with Crippen molar-refractivity contribution in [3.63, 3.8) is 0 Å². The minimum Gasteiger partial charge on any atom is -0.491 e. The lowest BCUT2D eigenvalue weighted by molar-refractivity contribution is -0.114. The van der Waals surface area contributed by atoms with E-state index in [4.69, 9.17) is 9.47 Å². The zero-order chi connectivity index (χ0) is 10.7. The van der Waals surface area contributed by atoms with Crippen molar-refractivity contribution in [3.8, 4) is 5.75 Å². The lowest BCUT2D eigenvalue weighted by Crippen LogP contribution is -2.06. The number of nitrogens with one attached hydrogen (secondary N) is 1. The lowest BCUT2D eigenvalue weighted by atomic mass is 10.3. The Hall–Kier alpha value is -1.55. The SMILES string of the molecule is CC(=O)Nc1ccc(OC[C@@H]2CO2)cc1. The molecule has 0 saturated carbocycles. The van der Waals surface area contributed by atoms with Gasteiger partial charge in [-0.15, -0.1) is 0 Å². The molecule has 0 bridgehead atoms. The maximum absolute atomic E-state index is 10.8. The van der Waals surface area contributed by atoms with Gasteiger partial charge in [-0.1, -0.05) is 0 Å². The fourth-order valence-electron chi connectivity index (χ4n) is 1.19. The van der Waals surface area contributed by atoms with Crippen LogP contribution in [0.4, 0.5) is 5.69 Å². The summed E-state index contributed by atoms with van der Waals surface area (Å²) < 4.78 is 10.5. The summed E-state index contributed by atoms with van der Waals surface area (Å²) in [5, 5.41) is 2.69. The van der Waals surface area contributed by atoms with E-state index in [0.717, 1.165) is 18.0 Å². The van der Waals surface area contributed by atoms with Crippen molar-refractivity contribution >= 4 is 11.6 Å². The van der Waals surface area contributed by atoms with Crippen LogP contribution in [0.5, 0.6) is 5.75 Å². The summed E-state index contributed by atoms with van der Waals surface area (Å²) in [6.45, 7) is 2.87. The number of anilines is 1. The van der Waals surface area contributed by atoms with Crippen LogP contribution in [-0.4, -0.2) is 25.2 Å². The van der Waals surface area contributed by atoms with Gasteiger partial charge in [0.05, 0.1) is 6.61 Å². The van der Waals surface area contributed by atoms with Crippen molar-refractivity contribution in [1.82, 2.24) is 0 Å². The summed E-state index contributed by atoms with van der Waals surface area (Å²) in [6.07, 6.45) is 0.264. The highest BCUT2D eigenvalue weighted by Crippen LogP contribution is 2.17. The maximum atomic E-state index is 10.8. The third-order valence-corrected chi connectivity index (χ3v) is 2.01. The molecule has 1 aromatic carbocycles. The van der Waals surface area contributed by atoms with Crippen LogP contribution < -0.4 is 10.1 Å². The number of hydrogen-bond acceptors (Lipinski definition) is 3. The first-order valence-corrected chi connectivity index (χ1v) is 4.86. The molecule has 1 heterocycles. The molecule has 1 aliphatic rings. The number of benzene rings is 1.